The van der Waals surface area contributed by atoms with E-state index >= 15 is 0 Å². The van der Waals surface area contributed by atoms with Crippen molar-refractivity contribution in [1.82, 2.24) is 15.2 Å². The number of hydrogen-bond acceptors (Lipinski definition) is 4. The largest absolute Gasteiger partial charge is 0.314 e. The summed E-state index contributed by atoms with van der Waals surface area (Å²) in [7, 11) is 0. The van der Waals surface area contributed by atoms with Crippen LogP contribution in [-0.4, -0.2) is 36.1 Å². The molecule has 0 spiro atoms. The summed E-state index contributed by atoms with van der Waals surface area (Å²) in [4.78, 5) is 18.4. The highest BCUT2D eigenvalue weighted by molar-refractivity contribution is 7.09. The Morgan fingerprint density at radius 2 is 1.95 bits per heavy atom. The summed E-state index contributed by atoms with van der Waals surface area (Å²) < 4.78 is 0. The van der Waals surface area contributed by atoms with Crippen molar-refractivity contribution in [2.24, 2.45) is 0 Å². The van der Waals surface area contributed by atoms with Crippen molar-refractivity contribution in [3.8, 4) is 11.3 Å². The van der Waals surface area contributed by atoms with Gasteiger partial charge in [0.25, 0.3) is 0 Å². The number of thiazole rings is 1. The number of nitrogens with one attached hydrogen (secondary N) is 2. The highest BCUT2D eigenvalue weighted by Crippen LogP contribution is 2.26. The Labute approximate surface area is 128 Å². The molecule has 21 heavy (non-hydrogen) atoms. The van der Waals surface area contributed by atoms with Crippen molar-refractivity contribution >= 4 is 11.3 Å². The fourth-order valence-corrected chi connectivity index (χ4v) is 3.57. The molecule has 0 aliphatic carbocycles. The van der Waals surface area contributed by atoms with Crippen LogP contribution in [0.2, 0.25) is 0 Å². The molecule has 0 unspecified atom stereocenters. The second-order valence-corrected chi connectivity index (χ2v) is 6.71. The van der Waals surface area contributed by atoms with E-state index in [4.69, 9.17) is 0 Å². The zero-order chi connectivity index (χ0) is 14.8. The summed E-state index contributed by atoms with van der Waals surface area (Å²) in [6.45, 7) is 9.21. The molecule has 4 nitrogen and oxygen atoms in total. The van der Waals surface area contributed by atoms with Crippen molar-refractivity contribution in [3.05, 3.63) is 43.9 Å². The SMILES string of the molecule is Cc1ccc(-c2[nH]c(=O)sc2CN2CCNCC2)cc1C. The van der Waals surface area contributed by atoms with Crippen LogP contribution in [0.5, 0.6) is 0 Å². The lowest BCUT2D eigenvalue weighted by molar-refractivity contribution is 0.235. The molecule has 0 atom stereocenters. The molecule has 1 aliphatic heterocycles. The molecule has 0 amide bonds. The third-order valence-corrected chi connectivity index (χ3v) is 4.96. The molecule has 0 saturated carbocycles. The van der Waals surface area contributed by atoms with Gasteiger partial charge in [0, 0.05) is 37.6 Å². The van der Waals surface area contributed by atoms with Crippen LogP contribution in [-0.2, 0) is 6.54 Å². The molecule has 112 valence electrons. The van der Waals surface area contributed by atoms with Gasteiger partial charge >= 0.3 is 4.87 Å². The summed E-state index contributed by atoms with van der Waals surface area (Å²) in [6.07, 6.45) is 0. The smallest absolute Gasteiger partial charge is 0.305 e. The standard InChI is InChI=1S/C16H21N3OS/c1-11-3-4-13(9-12(11)2)15-14(21-16(20)18-15)10-19-7-5-17-6-8-19/h3-4,9,17H,5-8,10H2,1-2H3,(H,18,20). The van der Waals surface area contributed by atoms with E-state index in [2.05, 4.69) is 47.2 Å². The molecule has 2 N–H and O–H groups in total. The van der Waals surface area contributed by atoms with Gasteiger partial charge in [-0.15, -0.1) is 0 Å². The zero-order valence-electron chi connectivity index (χ0n) is 12.5. The van der Waals surface area contributed by atoms with Gasteiger partial charge in [-0.1, -0.05) is 23.5 Å². The van der Waals surface area contributed by atoms with E-state index < -0.39 is 0 Å². The molecule has 1 saturated heterocycles. The van der Waals surface area contributed by atoms with Gasteiger partial charge in [-0.2, -0.15) is 0 Å². The molecule has 1 aromatic heterocycles. The predicted molar refractivity (Wildman–Crippen MR) is 88.0 cm³/mol. The minimum Gasteiger partial charge on any atom is -0.314 e. The lowest BCUT2D eigenvalue weighted by Crippen LogP contribution is -2.42. The van der Waals surface area contributed by atoms with E-state index in [0.717, 1.165) is 48.9 Å². The fourth-order valence-electron chi connectivity index (χ4n) is 2.67. The minimum absolute atomic E-state index is 0.0355. The van der Waals surface area contributed by atoms with Gasteiger partial charge in [-0.05, 0) is 36.6 Å². The third-order valence-electron chi connectivity index (χ3n) is 4.09. The molecule has 1 fully saturated rings. The van der Waals surface area contributed by atoms with Crippen molar-refractivity contribution < 1.29 is 0 Å². The molecular formula is C16H21N3OS. The number of piperazine rings is 1. The first-order chi connectivity index (χ1) is 10.1. The molecule has 0 bridgehead atoms. The van der Waals surface area contributed by atoms with E-state index in [1.807, 2.05) is 0 Å². The summed E-state index contributed by atoms with van der Waals surface area (Å²) >= 11 is 1.34. The maximum absolute atomic E-state index is 11.8. The van der Waals surface area contributed by atoms with Crippen molar-refractivity contribution in [2.75, 3.05) is 26.2 Å². The van der Waals surface area contributed by atoms with Crippen LogP contribution < -0.4 is 10.2 Å². The van der Waals surface area contributed by atoms with E-state index in [-0.39, 0.29) is 4.87 Å². The number of aromatic nitrogens is 1. The fraction of sp³-hybridized carbons (Fsp3) is 0.438. The molecule has 3 rings (SSSR count). The van der Waals surface area contributed by atoms with Crippen LogP contribution in [0.15, 0.2) is 23.0 Å². The molecule has 5 heteroatoms. The Kier molecular flexibility index (Phi) is 4.24. The number of benzene rings is 1. The average Bonchev–Trinajstić information content (AvgIpc) is 2.84. The van der Waals surface area contributed by atoms with E-state index in [1.54, 1.807) is 0 Å². The number of aromatic amines is 1. The van der Waals surface area contributed by atoms with Gasteiger partial charge in [0.1, 0.15) is 0 Å². The Bertz CT molecular complexity index is 683. The second kappa shape index (κ2) is 6.13. The topological polar surface area (TPSA) is 48.1 Å². The minimum atomic E-state index is 0.0355. The van der Waals surface area contributed by atoms with Gasteiger partial charge in [0.15, 0.2) is 0 Å². The predicted octanol–water partition coefficient (Wildman–Crippen LogP) is 2.13. The van der Waals surface area contributed by atoms with Crippen LogP contribution in [0.4, 0.5) is 0 Å². The Balaban J connectivity index is 1.91. The molecule has 2 aromatic rings. The summed E-state index contributed by atoms with van der Waals surface area (Å²) in [5.74, 6) is 0. The monoisotopic (exact) mass is 303 g/mol. The quantitative estimate of drug-likeness (QED) is 0.913. The second-order valence-electron chi connectivity index (χ2n) is 5.64. The van der Waals surface area contributed by atoms with E-state index in [1.165, 1.54) is 22.5 Å². The molecular weight excluding hydrogens is 282 g/mol. The number of hydrogen-bond donors (Lipinski definition) is 2. The Morgan fingerprint density at radius 3 is 2.67 bits per heavy atom. The maximum atomic E-state index is 11.8. The first-order valence-electron chi connectivity index (χ1n) is 7.36. The lowest BCUT2D eigenvalue weighted by atomic mass is 10.0. The summed E-state index contributed by atoms with van der Waals surface area (Å²) in [5.41, 5.74) is 4.64. The number of rotatable bonds is 3. The Hall–Kier alpha value is -1.43. The van der Waals surface area contributed by atoms with E-state index in [9.17, 15) is 4.79 Å². The first kappa shape index (κ1) is 14.5. The number of aryl methyl sites for hydroxylation is 2. The molecule has 1 aromatic carbocycles. The van der Waals surface area contributed by atoms with Crippen molar-refractivity contribution in [2.45, 2.75) is 20.4 Å². The van der Waals surface area contributed by atoms with Gasteiger partial charge in [-0.25, -0.2) is 0 Å². The number of H-pyrrole nitrogens is 1. The van der Waals surface area contributed by atoms with Crippen LogP contribution in [0.3, 0.4) is 0 Å². The summed E-state index contributed by atoms with van der Waals surface area (Å²) in [5, 5.41) is 3.36. The third kappa shape index (κ3) is 3.26. The van der Waals surface area contributed by atoms with E-state index in [0.29, 0.717) is 0 Å². The average molecular weight is 303 g/mol. The van der Waals surface area contributed by atoms with Gasteiger partial charge < -0.3 is 10.3 Å². The number of nitrogens with zero attached hydrogens (tertiary/aromatic N) is 1. The van der Waals surface area contributed by atoms with Gasteiger partial charge in [0.05, 0.1) is 5.69 Å². The highest BCUT2D eigenvalue weighted by atomic mass is 32.1. The van der Waals surface area contributed by atoms with Crippen LogP contribution in [0.25, 0.3) is 11.3 Å². The first-order valence-corrected chi connectivity index (χ1v) is 8.18. The normalized spacial score (nSPS) is 16.3. The molecule has 2 heterocycles. The molecule has 0 radical (unpaired) electrons. The highest BCUT2D eigenvalue weighted by Gasteiger charge is 2.16. The zero-order valence-corrected chi connectivity index (χ0v) is 13.3. The van der Waals surface area contributed by atoms with Crippen molar-refractivity contribution in [3.63, 3.8) is 0 Å². The van der Waals surface area contributed by atoms with Crippen LogP contribution in [0, 0.1) is 13.8 Å². The lowest BCUT2D eigenvalue weighted by Gasteiger charge is -2.26. The van der Waals surface area contributed by atoms with Gasteiger partial charge in [0.2, 0.25) is 0 Å². The van der Waals surface area contributed by atoms with Crippen LogP contribution >= 0.6 is 11.3 Å². The van der Waals surface area contributed by atoms with Gasteiger partial charge in [-0.3, -0.25) is 9.69 Å². The maximum Gasteiger partial charge on any atom is 0.305 e. The molecule has 1 aliphatic rings. The Morgan fingerprint density at radius 1 is 1.19 bits per heavy atom. The van der Waals surface area contributed by atoms with Crippen molar-refractivity contribution in [1.29, 1.82) is 0 Å². The summed E-state index contributed by atoms with van der Waals surface area (Å²) in [6, 6.07) is 6.38. The van der Waals surface area contributed by atoms with Crippen LogP contribution in [0.1, 0.15) is 16.0 Å².